The van der Waals surface area contributed by atoms with Gasteiger partial charge in [0.25, 0.3) is 0 Å². The molecule has 0 aliphatic heterocycles. The van der Waals surface area contributed by atoms with E-state index in [4.69, 9.17) is 36.4 Å². The maximum atomic E-state index is 11.8. The van der Waals surface area contributed by atoms with E-state index in [1.807, 2.05) is 6.92 Å². The van der Waals surface area contributed by atoms with Crippen LogP contribution in [0.2, 0.25) is 5.02 Å². The lowest BCUT2D eigenvalue weighted by molar-refractivity contribution is -0.146. The summed E-state index contributed by atoms with van der Waals surface area (Å²) in [5, 5.41) is 4.21. The van der Waals surface area contributed by atoms with Crippen molar-refractivity contribution in [3.8, 4) is 17.2 Å². The summed E-state index contributed by atoms with van der Waals surface area (Å²) in [5.41, 5.74) is 7.15. The number of nitrogens with zero attached hydrogens (tertiary/aromatic N) is 1. The van der Waals surface area contributed by atoms with Crippen LogP contribution < -0.4 is 19.9 Å². The van der Waals surface area contributed by atoms with Crippen LogP contribution in [0.3, 0.4) is 0 Å². The Balaban J connectivity index is 1.96. The van der Waals surface area contributed by atoms with Gasteiger partial charge >= 0.3 is 5.97 Å². The van der Waals surface area contributed by atoms with E-state index in [1.54, 1.807) is 36.4 Å². The fourth-order valence-electron chi connectivity index (χ4n) is 2.09. The van der Waals surface area contributed by atoms with Crippen LogP contribution in [-0.2, 0) is 9.63 Å². The minimum Gasteiger partial charge on any atom is -0.493 e. The van der Waals surface area contributed by atoms with Gasteiger partial charge in [-0.1, -0.05) is 16.8 Å². The Morgan fingerprint density at radius 1 is 1.08 bits per heavy atom. The van der Waals surface area contributed by atoms with Gasteiger partial charge in [-0.05, 0) is 48.9 Å². The number of aryl methyl sites for hydroxylation is 1. The molecular weight excluding hydrogens is 360 g/mol. The molecule has 0 saturated carbocycles. The predicted octanol–water partition coefficient (Wildman–Crippen LogP) is 2.91. The molecule has 2 aromatic carbocycles. The summed E-state index contributed by atoms with van der Waals surface area (Å²) in [4.78, 5) is 16.5. The molecule has 2 aromatic rings. The molecule has 0 atom stereocenters. The van der Waals surface area contributed by atoms with E-state index in [9.17, 15) is 4.79 Å². The van der Waals surface area contributed by atoms with Crippen LogP contribution in [0.1, 0.15) is 11.1 Å². The van der Waals surface area contributed by atoms with E-state index >= 15 is 0 Å². The second kappa shape index (κ2) is 8.96. The monoisotopic (exact) mass is 378 g/mol. The molecule has 0 heterocycles. The quantitative estimate of drug-likeness (QED) is 0.344. The van der Waals surface area contributed by atoms with E-state index in [0.717, 1.165) is 5.56 Å². The van der Waals surface area contributed by atoms with E-state index in [-0.39, 0.29) is 12.4 Å². The maximum Gasteiger partial charge on any atom is 0.372 e. The third kappa shape index (κ3) is 5.03. The second-order valence-corrected chi connectivity index (χ2v) is 5.64. The lowest BCUT2D eigenvalue weighted by atomic mass is 10.2. The lowest BCUT2D eigenvalue weighted by Gasteiger charge is -2.09. The van der Waals surface area contributed by atoms with Crippen molar-refractivity contribution in [1.29, 1.82) is 0 Å². The molecule has 0 amide bonds. The first-order chi connectivity index (χ1) is 12.4. The Morgan fingerprint density at radius 3 is 2.42 bits per heavy atom. The molecule has 138 valence electrons. The maximum absolute atomic E-state index is 11.8. The second-order valence-electron chi connectivity index (χ2n) is 5.21. The number of hydrogen-bond acceptors (Lipinski definition) is 6. The number of hydrogen-bond donors (Lipinski definition) is 1. The molecule has 0 fully saturated rings. The number of carbonyl (C=O) groups is 1. The van der Waals surface area contributed by atoms with Gasteiger partial charge < -0.3 is 24.8 Å². The van der Waals surface area contributed by atoms with Crippen LogP contribution in [-0.4, -0.2) is 32.6 Å². The standard InChI is InChI=1S/C18H19ClN2O5/c1-11-8-13(19)5-7-14(11)25-10-17(22)26-21-18(20)12-4-6-15(23-2)16(9-12)24-3/h4-9H,10H2,1-3H3,(H2,20,21). The molecule has 8 heteroatoms. The number of oxime groups is 1. The molecule has 0 bridgehead atoms. The van der Waals surface area contributed by atoms with Crippen molar-refractivity contribution in [3.05, 3.63) is 52.5 Å². The lowest BCUT2D eigenvalue weighted by Crippen LogP contribution is -2.18. The zero-order valence-electron chi connectivity index (χ0n) is 14.6. The van der Waals surface area contributed by atoms with Crippen LogP contribution in [0.25, 0.3) is 0 Å². The van der Waals surface area contributed by atoms with E-state index < -0.39 is 5.97 Å². The van der Waals surface area contributed by atoms with Crippen molar-refractivity contribution >= 4 is 23.4 Å². The normalized spacial score (nSPS) is 11.0. The highest BCUT2D eigenvalue weighted by Gasteiger charge is 2.10. The molecule has 0 aromatic heterocycles. The summed E-state index contributed by atoms with van der Waals surface area (Å²) in [6, 6.07) is 10.0. The van der Waals surface area contributed by atoms with Crippen molar-refractivity contribution in [3.63, 3.8) is 0 Å². The first-order valence-electron chi connectivity index (χ1n) is 7.59. The van der Waals surface area contributed by atoms with Crippen LogP contribution in [0.5, 0.6) is 17.2 Å². The third-order valence-electron chi connectivity index (χ3n) is 3.41. The Labute approximate surface area is 156 Å². The number of methoxy groups -OCH3 is 2. The zero-order chi connectivity index (χ0) is 19.1. The van der Waals surface area contributed by atoms with Gasteiger partial charge in [-0.25, -0.2) is 4.79 Å². The molecule has 2 rings (SSSR count). The van der Waals surface area contributed by atoms with Gasteiger partial charge in [0.15, 0.2) is 23.9 Å². The fraction of sp³-hybridized carbons (Fsp3) is 0.222. The summed E-state index contributed by atoms with van der Waals surface area (Å²) in [7, 11) is 3.03. The summed E-state index contributed by atoms with van der Waals surface area (Å²) in [5.74, 6) is 0.886. The molecule has 0 aliphatic carbocycles. The Hall–Kier alpha value is -2.93. The Bertz CT molecular complexity index is 823. The minimum atomic E-state index is -0.692. The van der Waals surface area contributed by atoms with Crippen molar-refractivity contribution in [1.82, 2.24) is 0 Å². The highest BCUT2D eigenvalue weighted by molar-refractivity contribution is 6.30. The molecule has 0 aliphatic rings. The van der Waals surface area contributed by atoms with E-state index in [1.165, 1.54) is 14.2 Å². The molecule has 2 N–H and O–H groups in total. The molecule has 0 radical (unpaired) electrons. The Kier molecular flexibility index (Phi) is 6.68. The predicted molar refractivity (Wildman–Crippen MR) is 98.0 cm³/mol. The number of carbonyl (C=O) groups excluding carboxylic acids is 1. The first kappa shape index (κ1) is 19.4. The van der Waals surface area contributed by atoms with Crippen LogP contribution >= 0.6 is 11.6 Å². The SMILES string of the molecule is COc1ccc(/C(N)=N/OC(=O)COc2ccc(Cl)cc2C)cc1OC. The molecule has 7 nitrogen and oxygen atoms in total. The Morgan fingerprint density at radius 2 is 1.77 bits per heavy atom. The molecular formula is C18H19ClN2O5. The third-order valence-corrected chi connectivity index (χ3v) is 3.64. The number of nitrogens with two attached hydrogens (primary N) is 1. The molecule has 0 spiro atoms. The number of halogens is 1. The van der Waals surface area contributed by atoms with Crippen LogP contribution in [0, 0.1) is 6.92 Å². The molecule has 0 saturated heterocycles. The highest BCUT2D eigenvalue weighted by Crippen LogP contribution is 2.27. The topological polar surface area (TPSA) is 92.4 Å². The molecule has 26 heavy (non-hydrogen) atoms. The summed E-state index contributed by atoms with van der Waals surface area (Å²) < 4.78 is 15.7. The van der Waals surface area contributed by atoms with Crippen molar-refractivity contribution in [2.24, 2.45) is 10.9 Å². The van der Waals surface area contributed by atoms with E-state index in [0.29, 0.717) is 27.8 Å². The van der Waals surface area contributed by atoms with Crippen molar-refractivity contribution in [2.75, 3.05) is 20.8 Å². The van der Waals surface area contributed by atoms with Gasteiger partial charge in [0.1, 0.15) is 5.75 Å². The summed E-state index contributed by atoms with van der Waals surface area (Å²) >= 11 is 5.87. The minimum absolute atomic E-state index is 0.0157. The number of rotatable bonds is 7. The van der Waals surface area contributed by atoms with Crippen molar-refractivity contribution in [2.45, 2.75) is 6.92 Å². The smallest absolute Gasteiger partial charge is 0.372 e. The number of ether oxygens (including phenoxy) is 3. The van der Waals surface area contributed by atoms with E-state index in [2.05, 4.69) is 5.16 Å². The van der Waals surface area contributed by atoms with Gasteiger partial charge in [0, 0.05) is 10.6 Å². The van der Waals surface area contributed by atoms with Gasteiger partial charge in [0.2, 0.25) is 0 Å². The zero-order valence-corrected chi connectivity index (χ0v) is 15.4. The fourth-order valence-corrected chi connectivity index (χ4v) is 2.31. The average Bonchev–Trinajstić information content (AvgIpc) is 2.64. The molecule has 0 unspecified atom stereocenters. The number of benzene rings is 2. The van der Waals surface area contributed by atoms with Crippen molar-refractivity contribution < 1.29 is 23.8 Å². The van der Waals surface area contributed by atoms with Gasteiger partial charge in [0.05, 0.1) is 14.2 Å². The van der Waals surface area contributed by atoms with Gasteiger partial charge in [-0.3, -0.25) is 0 Å². The average molecular weight is 379 g/mol. The summed E-state index contributed by atoms with van der Waals surface area (Å²) in [6.07, 6.45) is 0. The van der Waals surface area contributed by atoms with Crippen LogP contribution in [0.4, 0.5) is 0 Å². The van der Waals surface area contributed by atoms with Gasteiger partial charge in [-0.15, -0.1) is 0 Å². The largest absolute Gasteiger partial charge is 0.493 e. The van der Waals surface area contributed by atoms with Gasteiger partial charge in [-0.2, -0.15) is 0 Å². The number of amidine groups is 1. The highest BCUT2D eigenvalue weighted by atomic mass is 35.5. The first-order valence-corrected chi connectivity index (χ1v) is 7.97. The summed E-state index contributed by atoms with van der Waals surface area (Å²) in [6.45, 7) is 1.50. The van der Waals surface area contributed by atoms with Crippen LogP contribution in [0.15, 0.2) is 41.6 Å².